The van der Waals surface area contributed by atoms with E-state index >= 15 is 0 Å². The maximum atomic E-state index is 9.98. The van der Waals surface area contributed by atoms with E-state index in [2.05, 4.69) is 6.07 Å². The van der Waals surface area contributed by atoms with Gasteiger partial charge in [0.15, 0.2) is 5.69 Å². The summed E-state index contributed by atoms with van der Waals surface area (Å²) in [6.07, 6.45) is 0. The van der Waals surface area contributed by atoms with Gasteiger partial charge in [0.2, 0.25) is 0 Å². The number of nitrogens with zero attached hydrogens (tertiary/aromatic N) is 1. The number of nitro benzene ring substituents is 1. The van der Waals surface area contributed by atoms with E-state index in [-0.39, 0.29) is 5.69 Å². The fourth-order valence-corrected chi connectivity index (χ4v) is 0.497. The van der Waals surface area contributed by atoms with Gasteiger partial charge in [-0.3, -0.25) is 10.1 Å². The summed E-state index contributed by atoms with van der Waals surface area (Å²) in [5, 5.41) is 9.98. The average molecular weight is 223 g/mol. The SMILES string of the molecule is O=[N+]([O-])c1[c-]cccc1.[Cl][Zn+]. The standard InChI is InChI=1S/C6H4NO2.ClH.Zn/c8-7(9)6-4-2-1-3-5-6;;/h1-4H;1H;/q-1;;+2/p-1. The minimum absolute atomic E-state index is 0.0116. The van der Waals surface area contributed by atoms with Gasteiger partial charge in [-0.1, -0.05) is 6.07 Å². The molecule has 1 aromatic carbocycles. The van der Waals surface area contributed by atoms with Gasteiger partial charge in [0, 0.05) is 4.92 Å². The van der Waals surface area contributed by atoms with Crippen molar-refractivity contribution in [3.05, 3.63) is 40.4 Å². The molecular formula is C6H4ClNO2Zn. The Hall–Kier alpha value is -0.467. The molecule has 0 aromatic heterocycles. The molecule has 0 unspecified atom stereocenters. The molecule has 0 aliphatic carbocycles. The van der Waals surface area contributed by atoms with Crippen molar-refractivity contribution >= 4 is 15.4 Å². The molecule has 0 saturated carbocycles. The van der Waals surface area contributed by atoms with Crippen molar-refractivity contribution in [3.63, 3.8) is 0 Å². The van der Waals surface area contributed by atoms with E-state index in [1.807, 2.05) is 0 Å². The van der Waals surface area contributed by atoms with Crippen LogP contribution in [0.1, 0.15) is 0 Å². The van der Waals surface area contributed by atoms with Gasteiger partial charge in [-0.15, -0.1) is 6.07 Å². The number of para-hydroxylation sites is 1. The number of rotatable bonds is 1. The number of hydrogen-bond donors (Lipinski definition) is 0. The van der Waals surface area contributed by atoms with Gasteiger partial charge in [-0.25, -0.2) is 0 Å². The van der Waals surface area contributed by atoms with Crippen LogP contribution in [0.15, 0.2) is 24.3 Å². The third kappa shape index (κ3) is 4.07. The van der Waals surface area contributed by atoms with Gasteiger partial charge in [0.25, 0.3) is 0 Å². The summed E-state index contributed by atoms with van der Waals surface area (Å²) in [6.45, 7) is 0. The first-order valence-electron chi connectivity index (χ1n) is 2.68. The number of nitro groups is 1. The second kappa shape index (κ2) is 6.26. The van der Waals surface area contributed by atoms with Crippen LogP contribution >= 0.6 is 9.69 Å². The van der Waals surface area contributed by atoms with E-state index < -0.39 is 4.92 Å². The van der Waals surface area contributed by atoms with Crippen LogP contribution in [0.25, 0.3) is 0 Å². The Morgan fingerprint density at radius 3 is 2.45 bits per heavy atom. The van der Waals surface area contributed by atoms with Gasteiger partial charge < -0.3 is 0 Å². The predicted octanol–water partition coefficient (Wildman–Crippen LogP) is 2.08. The zero-order valence-electron chi connectivity index (χ0n) is 5.66. The van der Waals surface area contributed by atoms with Crippen LogP contribution in [-0.4, -0.2) is 4.92 Å². The van der Waals surface area contributed by atoms with E-state index in [4.69, 9.17) is 9.69 Å². The summed E-state index contributed by atoms with van der Waals surface area (Å²) in [5.74, 6) is 0. The van der Waals surface area contributed by atoms with Gasteiger partial charge >= 0.3 is 27.0 Å². The minimum atomic E-state index is -0.472. The zero-order valence-corrected chi connectivity index (χ0v) is 9.38. The predicted molar refractivity (Wildman–Crippen MR) is 37.8 cm³/mol. The Kier molecular flexibility index (Phi) is 5.99. The van der Waals surface area contributed by atoms with Gasteiger partial charge in [-0.05, 0) is 0 Å². The van der Waals surface area contributed by atoms with Crippen molar-refractivity contribution < 1.29 is 22.2 Å². The first-order chi connectivity index (χ1) is 5.30. The molecule has 1 rings (SSSR count). The first-order valence-corrected chi connectivity index (χ1v) is 6.58. The molecule has 0 aliphatic heterocycles. The molecule has 0 N–H and O–H groups in total. The summed E-state index contributed by atoms with van der Waals surface area (Å²) in [4.78, 5) is 9.50. The molecule has 0 heterocycles. The second-order valence-electron chi connectivity index (χ2n) is 1.50. The Morgan fingerprint density at radius 2 is 2.18 bits per heavy atom. The van der Waals surface area contributed by atoms with Crippen LogP contribution in [0, 0.1) is 16.2 Å². The molecule has 11 heavy (non-hydrogen) atoms. The summed E-state index contributed by atoms with van der Waals surface area (Å²) in [6, 6.07) is 8.68. The third-order valence-electron chi connectivity index (χ3n) is 0.889. The Bertz CT molecular complexity index is 217. The second-order valence-corrected chi connectivity index (χ2v) is 1.50. The first kappa shape index (κ1) is 10.5. The van der Waals surface area contributed by atoms with E-state index in [1.54, 1.807) is 12.1 Å². The van der Waals surface area contributed by atoms with E-state index in [0.29, 0.717) is 0 Å². The van der Waals surface area contributed by atoms with Crippen molar-refractivity contribution in [1.82, 2.24) is 0 Å². The number of benzene rings is 1. The number of hydrogen-bond acceptors (Lipinski definition) is 2. The average Bonchev–Trinajstić information content (AvgIpc) is 2.10. The summed E-state index contributed by atoms with van der Waals surface area (Å²) in [7, 11) is 4.76. The molecule has 0 fully saturated rings. The molecule has 5 heteroatoms. The van der Waals surface area contributed by atoms with Crippen molar-refractivity contribution in [2.45, 2.75) is 0 Å². The van der Waals surface area contributed by atoms with Crippen molar-refractivity contribution in [3.8, 4) is 0 Å². The van der Waals surface area contributed by atoms with Crippen molar-refractivity contribution in [2.24, 2.45) is 0 Å². The Morgan fingerprint density at radius 1 is 1.55 bits per heavy atom. The van der Waals surface area contributed by atoms with Crippen LogP contribution in [-0.2, 0) is 17.3 Å². The quantitative estimate of drug-likeness (QED) is 0.316. The van der Waals surface area contributed by atoms with Crippen LogP contribution in [0.2, 0.25) is 0 Å². The molecule has 3 nitrogen and oxygen atoms in total. The fraction of sp³-hybridized carbons (Fsp3) is 0. The van der Waals surface area contributed by atoms with E-state index in [1.165, 1.54) is 12.1 Å². The molecule has 0 saturated heterocycles. The molecule has 1 aromatic rings. The molecule has 0 spiro atoms. The van der Waals surface area contributed by atoms with E-state index in [9.17, 15) is 10.1 Å². The fourth-order valence-electron chi connectivity index (χ4n) is 0.497. The summed E-state index contributed by atoms with van der Waals surface area (Å²) in [5.41, 5.74) is 0.0116. The van der Waals surface area contributed by atoms with Gasteiger partial charge in [0.1, 0.15) is 0 Å². The van der Waals surface area contributed by atoms with Gasteiger partial charge in [0.05, 0.1) is 0 Å². The molecule has 0 radical (unpaired) electrons. The monoisotopic (exact) mass is 221 g/mol. The van der Waals surface area contributed by atoms with Gasteiger partial charge in [-0.2, -0.15) is 18.2 Å². The van der Waals surface area contributed by atoms with E-state index in [0.717, 1.165) is 17.3 Å². The molecular weight excluding hydrogens is 219 g/mol. The van der Waals surface area contributed by atoms with Crippen molar-refractivity contribution in [2.75, 3.05) is 0 Å². The van der Waals surface area contributed by atoms with Crippen LogP contribution < -0.4 is 0 Å². The molecule has 0 amide bonds. The number of halogens is 1. The molecule has 0 atom stereocenters. The molecule has 0 bridgehead atoms. The van der Waals surface area contributed by atoms with Crippen molar-refractivity contribution in [1.29, 1.82) is 0 Å². The van der Waals surface area contributed by atoms with Crippen LogP contribution in [0.5, 0.6) is 0 Å². The normalized spacial score (nSPS) is 7.91. The summed E-state index contributed by atoms with van der Waals surface area (Å²) >= 11 is 0.847. The van der Waals surface area contributed by atoms with Crippen LogP contribution in [0.4, 0.5) is 5.69 Å². The summed E-state index contributed by atoms with van der Waals surface area (Å²) < 4.78 is 0. The Balaban J connectivity index is 0.000000461. The zero-order chi connectivity index (χ0) is 8.69. The molecule has 0 aliphatic rings. The van der Waals surface area contributed by atoms with Crippen LogP contribution in [0.3, 0.4) is 0 Å². The third-order valence-corrected chi connectivity index (χ3v) is 0.889. The molecule has 54 valence electrons. The maximum absolute atomic E-state index is 9.98. The topological polar surface area (TPSA) is 43.1 Å². The number of non-ortho nitro benzene ring substituents is 1. The Labute approximate surface area is 78.2 Å².